The second-order valence-electron chi connectivity index (χ2n) is 4.86. The third kappa shape index (κ3) is 3.04. The van der Waals surface area contributed by atoms with E-state index in [-0.39, 0.29) is 6.61 Å². The molecule has 1 N–H and O–H groups in total. The third-order valence-electron chi connectivity index (χ3n) is 3.28. The van der Waals surface area contributed by atoms with Gasteiger partial charge in [-0.05, 0) is 36.8 Å². The van der Waals surface area contributed by atoms with E-state index in [9.17, 15) is 5.11 Å². The number of nitrogens with zero attached hydrogens (tertiary/aromatic N) is 2. The van der Waals surface area contributed by atoms with Gasteiger partial charge < -0.3 is 19.0 Å². The third-order valence-corrected chi connectivity index (χ3v) is 3.28. The van der Waals surface area contributed by atoms with E-state index in [2.05, 4.69) is 4.98 Å². The summed E-state index contributed by atoms with van der Waals surface area (Å²) in [6.45, 7) is 2.80. The second kappa shape index (κ2) is 6.49. The first-order valence-corrected chi connectivity index (χ1v) is 7.22. The SMILES string of the molecule is CCOc1cc(CO)ccc1OCc1cn2ccccc2n1. The molecule has 0 saturated carbocycles. The first-order chi connectivity index (χ1) is 10.8. The lowest BCUT2D eigenvalue weighted by Gasteiger charge is -2.12. The second-order valence-corrected chi connectivity index (χ2v) is 4.86. The van der Waals surface area contributed by atoms with Crippen LogP contribution in [0.2, 0.25) is 0 Å². The molecule has 0 aliphatic carbocycles. The van der Waals surface area contributed by atoms with E-state index < -0.39 is 0 Å². The van der Waals surface area contributed by atoms with Crippen LogP contribution in [0, 0.1) is 0 Å². The topological polar surface area (TPSA) is 56.0 Å². The molecular formula is C17H18N2O3. The Morgan fingerprint density at radius 3 is 2.82 bits per heavy atom. The first kappa shape index (κ1) is 14.4. The van der Waals surface area contributed by atoms with Gasteiger partial charge in [-0.1, -0.05) is 12.1 Å². The minimum atomic E-state index is -0.0210. The summed E-state index contributed by atoms with van der Waals surface area (Å²) in [5, 5.41) is 9.20. The van der Waals surface area contributed by atoms with Crippen LogP contribution in [0.25, 0.3) is 5.65 Å². The van der Waals surface area contributed by atoms with Gasteiger partial charge in [0.15, 0.2) is 11.5 Å². The molecule has 114 valence electrons. The van der Waals surface area contributed by atoms with Crippen molar-refractivity contribution >= 4 is 5.65 Å². The fraction of sp³-hybridized carbons (Fsp3) is 0.235. The predicted molar refractivity (Wildman–Crippen MR) is 83.1 cm³/mol. The van der Waals surface area contributed by atoms with Crippen molar-refractivity contribution < 1.29 is 14.6 Å². The van der Waals surface area contributed by atoms with Gasteiger partial charge in [0.1, 0.15) is 12.3 Å². The molecule has 1 aromatic carbocycles. The Balaban J connectivity index is 1.77. The fourth-order valence-corrected chi connectivity index (χ4v) is 2.25. The van der Waals surface area contributed by atoms with Gasteiger partial charge in [-0.25, -0.2) is 4.98 Å². The van der Waals surface area contributed by atoms with Crippen molar-refractivity contribution in [3.8, 4) is 11.5 Å². The maximum absolute atomic E-state index is 9.20. The number of imidazole rings is 1. The molecule has 5 nitrogen and oxygen atoms in total. The van der Waals surface area contributed by atoms with Crippen molar-refractivity contribution in [2.75, 3.05) is 6.61 Å². The van der Waals surface area contributed by atoms with Crippen LogP contribution in [-0.2, 0) is 13.2 Å². The molecule has 0 atom stereocenters. The normalized spacial score (nSPS) is 10.8. The molecule has 0 spiro atoms. The zero-order valence-corrected chi connectivity index (χ0v) is 12.4. The van der Waals surface area contributed by atoms with Crippen molar-refractivity contribution in [1.82, 2.24) is 9.38 Å². The molecule has 3 aromatic rings. The van der Waals surface area contributed by atoms with Crippen molar-refractivity contribution in [1.29, 1.82) is 0 Å². The average molecular weight is 298 g/mol. The van der Waals surface area contributed by atoms with Gasteiger partial charge in [0.25, 0.3) is 0 Å². The highest BCUT2D eigenvalue weighted by Crippen LogP contribution is 2.29. The van der Waals surface area contributed by atoms with E-state index in [0.717, 1.165) is 16.9 Å². The van der Waals surface area contributed by atoms with E-state index in [4.69, 9.17) is 9.47 Å². The smallest absolute Gasteiger partial charge is 0.161 e. The van der Waals surface area contributed by atoms with Crippen LogP contribution in [-0.4, -0.2) is 21.1 Å². The maximum Gasteiger partial charge on any atom is 0.161 e. The Morgan fingerprint density at radius 2 is 2.05 bits per heavy atom. The fourth-order valence-electron chi connectivity index (χ4n) is 2.25. The molecule has 0 radical (unpaired) electrons. The van der Waals surface area contributed by atoms with Crippen LogP contribution in [0.5, 0.6) is 11.5 Å². The number of fused-ring (bicyclic) bond motifs is 1. The minimum Gasteiger partial charge on any atom is -0.490 e. The predicted octanol–water partition coefficient (Wildman–Crippen LogP) is 2.80. The van der Waals surface area contributed by atoms with Gasteiger partial charge in [0.2, 0.25) is 0 Å². The van der Waals surface area contributed by atoms with E-state index in [1.807, 2.05) is 54.0 Å². The van der Waals surface area contributed by atoms with Crippen LogP contribution in [0.3, 0.4) is 0 Å². The van der Waals surface area contributed by atoms with Crippen LogP contribution in [0.1, 0.15) is 18.2 Å². The molecule has 0 fully saturated rings. The van der Waals surface area contributed by atoms with E-state index >= 15 is 0 Å². The first-order valence-electron chi connectivity index (χ1n) is 7.22. The molecule has 22 heavy (non-hydrogen) atoms. The molecule has 2 aromatic heterocycles. The quantitative estimate of drug-likeness (QED) is 0.760. The monoisotopic (exact) mass is 298 g/mol. The minimum absolute atomic E-state index is 0.0210. The van der Waals surface area contributed by atoms with E-state index in [1.165, 1.54) is 0 Å². The Hall–Kier alpha value is -2.53. The van der Waals surface area contributed by atoms with Gasteiger partial charge in [0.05, 0.1) is 18.9 Å². The molecule has 0 unspecified atom stereocenters. The summed E-state index contributed by atoms with van der Waals surface area (Å²) >= 11 is 0. The zero-order valence-electron chi connectivity index (χ0n) is 12.4. The Bertz CT molecular complexity index is 734. The number of pyridine rings is 1. The lowest BCUT2D eigenvalue weighted by molar-refractivity contribution is 0.262. The van der Waals surface area contributed by atoms with Crippen LogP contribution >= 0.6 is 0 Å². The maximum atomic E-state index is 9.20. The van der Waals surface area contributed by atoms with Gasteiger partial charge in [-0.15, -0.1) is 0 Å². The summed E-state index contributed by atoms with van der Waals surface area (Å²) in [6, 6.07) is 11.3. The zero-order chi connectivity index (χ0) is 15.4. The number of hydrogen-bond donors (Lipinski definition) is 1. The highest BCUT2D eigenvalue weighted by molar-refractivity contribution is 5.43. The Morgan fingerprint density at radius 1 is 1.14 bits per heavy atom. The molecule has 2 heterocycles. The van der Waals surface area contributed by atoms with Crippen molar-refractivity contribution in [2.45, 2.75) is 20.1 Å². The average Bonchev–Trinajstić information content (AvgIpc) is 2.96. The highest BCUT2D eigenvalue weighted by atomic mass is 16.5. The molecule has 0 saturated heterocycles. The number of aromatic nitrogens is 2. The molecule has 5 heteroatoms. The van der Waals surface area contributed by atoms with E-state index in [0.29, 0.717) is 24.7 Å². The summed E-state index contributed by atoms with van der Waals surface area (Å²) in [7, 11) is 0. The molecule has 0 aliphatic rings. The van der Waals surface area contributed by atoms with Crippen LogP contribution in [0.4, 0.5) is 0 Å². The summed E-state index contributed by atoms with van der Waals surface area (Å²) in [5.74, 6) is 1.29. The standard InChI is InChI=1S/C17H18N2O3/c1-2-21-16-9-13(11-20)6-7-15(16)22-12-14-10-19-8-4-3-5-17(19)18-14/h3-10,20H,2,11-12H2,1H3. The van der Waals surface area contributed by atoms with Gasteiger partial charge in [-0.3, -0.25) is 0 Å². The molecule has 0 amide bonds. The van der Waals surface area contributed by atoms with Gasteiger partial charge in [-0.2, -0.15) is 0 Å². The van der Waals surface area contributed by atoms with Crippen molar-refractivity contribution in [3.63, 3.8) is 0 Å². The number of rotatable bonds is 6. The number of benzene rings is 1. The van der Waals surface area contributed by atoms with Crippen molar-refractivity contribution in [2.24, 2.45) is 0 Å². The largest absolute Gasteiger partial charge is 0.490 e. The Kier molecular flexibility index (Phi) is 4.25. The summed E-state index contributed by atoms with van der Waals surface area (Å²) in [5.41, 5.74) is 2.53. The van der Waals surface area contributed by atoms with Crippen LogP contribution in [0.15, 0.2) is 48.8 Å². The van der Waals surface area contributed by atoms with Crippen molar-refractivity contribution in [3.05, 3.63) is 60.0 Å². The Labute approximate surface area is 128 Å². The highest BCUT2D eigenvalue weighted by Gasteiger charge is 2.08. The molecule has 0 aliphatic heterocycles. The van der Waals surface area contributed by atoms with Gasteiger partial charge >= 0.3 is 0 Å². The lowest BCUT2D eigenvalue weighted by atomic mass is 10.2. The van der Waals surface area contributed by atoms with Crippen LogP contribution < -0.4 is 9.47 Å². The van der Waals surface area contributed by atoms with E-state index in [1.54, 1.807) is 6.07 Å². The summed E-state index contributed by atoms with van der Waals surface area (Å²) < 4.78 is 13.3. The number of aliphatic hydroxyl groups is 1. The summed E-state index contributed by atoms with van der Waals surface area (Å²) in [4.78, 5) is 4.49. The molecular weight excluding hydrogens is 280 g/mol. The summed E-state index contributed by atoms with van der Waals surface area (Å²) in [6.07, 6.45) is 3.89. The lowest BCUT2D eigenvalue weighted by Crippen LogP contribution is -2.00. The van der Waals surface area contributed by atoms with Gasteiger partial charge in [0, 0.05) is 12.4 Å². The number of aliphatic hydroxyl groups excluding tert-OH is 1. The number of hydrogen-bond acceptors (Lipinski definition) is 4. The molecule has 0 bridgehead atoms. The molecule has 3 rings (SSSR count). The number of ether oxygens (including phenoxy) is 2.